The SMILES string of the molecule is CNC(=O)C1(COC)CCCN1CC=Cc1ccc(F)cc1. The first-order chi connectivity index (χ1) is 10.6. The Morgan fingerprint density at radius 3 is 2.82 bits per heavy atom. The van der Waals surface area contributed by atoms with Crippen LogP contribution in [0.4, 0.5) is 4.39 Å². The Hall–Kier alpha value is -1.72. The Kier molecular flexibility index (Phi) is 5.69. The topological polar surface area (TPSA) is 41.6 Å². The smallest absolute Gasteiger partial charge is 0.242 e. The molecule has 0 aromatic heterocycles. The summed E-state index contributed by atoms with van der Waals surface area (Å²) in [6.45, 7) is 1.91. The molecular weight excluding hydrogens is 283 g/mol. The van der Waals surface area contributed by atoms with Gasteiger partial charge in [0.05, 0.1) is 6.61 Å². The van der Waals surface area contributed by atoms with Crippen LogP contribution in [0.25, 0.3) is 6.08 Å². The van der Waals surface area contributed by atoms with Gasteiger partial charge in [0.2, 0.25) is 5.91 Å². The summed E-state index contributed by atoms with van der Waals surface area (Å²) in [6.07, 6.45) is 5.72. The molecule has 5 heteroatoms. The highest BCUT2D eigenvalue weighted by molar-refractivity contribution is 5.86. The van der Waals surface area contributed by atoms with Crippen LogP contribution in [0, 0.1) is 5.82 Å². The molecule has 1 N–H and O–H groups in total. The van der Waals surface area contributed by atoms with Crippen LogP contribution in [-0.2, 0) is 9.53 Å². The fourth-order valence-electron chi connectivity index (χ4n) is 3.05. The summed E-state index contributed by atoms with van der Waals surface area (Å²) in [4.78, 5) is 14.5. The number of ether oxygens (including phenoxy) is 1. The van der Waals surface area contributed by atoms with Crippen LogP contribution in [0.15, 0.2) is 30.3 Å². The standard InChI is InChI=1S/C17H23FN2O2/c1-19-16(21)17(13-22-2)10-4-12-20(17)11-3-5-14-6-8-15(18)9-7-14/h3,5-9H,4,10-13H2,1-2H3,(H,19,21). The van der Waals surface area contributed by atoms with Crippen molar-refractivity contribution in [1.82, 2.24) is 10.2 Å². The summed E-state index contributed by atoms with van der Waals surface area (Å²) >= 11 is 0. The van der Waals surface area contributed by atoms with Gasteiger partial charge in [-0.15, -0.1) is 0 Å². The minimum absolute atomic E-state index is 0.00188. The van der Waals surface area contributed by atoms with Crippen LogP contribution in [0.5, 0.6) is 0 Å². The summed E-state index contributed by atoms with van der Waals surface area (Å²) in [6, 6.07) is 6.35. The molecule has 0 saturated carbocycles. The predicted molar refractivity (Wildman–Crippen MR) is 84.9 cm³/mol. The first-order valence-corrected chi connectivity index (χ1v) is 7.50. The third kappa shape index (κ3) is 3.54. The van der Waals surface area contributed by atoms with Crippen LogP contribution in [0.2, 0.25) is 0 Å². The highest BCUT2D eigenvalue weighted by atomic mass is 19.1. The van der Waals surface area contributed by atoms with Gasteiger partial charge >= 0.3 is 0 Å². The van der Waals surface area contributed by atoms with Gasteiger partial charge in [-0.1, -0.05) is 24.3 Å². The van der Waals surface area contributed by atoms with E-state index in [0.29, 0.717) is 13.2 Å². The lowest BCUT2D eigenvalue weighted by Gasteiger charge is -2.35. The fraction of sp³-hybridized carbons (Fsp3) is 0.471. The van der Waals surface area contributed by atoms with Crippen molar-refractivity contribution in [1.29, 1.82) is 0 Å². The molecule has 1 fully saturated rings. The molecule has 4 nitrogen and oxygen atoms in total. The first kappa shape index (κ1) is 16.6. The number of halogens is 1. The number of methoxy groups -OCH3 is 1. The molecule has 0 radical (unpaired) electrons. The van der Waals surface area contributed by atoms with E-state index in [1.165, 1.54) is 12.1 Å². The van der Waals surface area contributed by atoms with Gasteiger partial charge in [0.25, 0.3) is 0 Å². The van der Waals surface area contributed by atoms with Gasteiger partial charge in [-0.2, -0.15) is 0 Å². The molecule has 1 amide bonds. The zero-order valence-electron chi connectivity index (χ0n) is 13.1. The third-order valence-corrected chi connectivity index (χ3v) is 4.16. The number of hydrogen-bond donors (Lipinski definition) is 1. The molecular formula is C17H23FN2O2. The lowest BCUT2D eigenvalue weighted by molar-refractivity contribution is -0.134. The molecule has 0 bridgehead atoms. The van der Waals surface area contributed by atoms with Crippen LogP contribution in [0.3, 0.4) is 0 Å². The maximum Gasteiger partial charge on any atom is 0.242 e. The summed E-state index contributed by atoms with van der Waals surface area (Å²) in [5.74, 6) is -0.238. The number of rotatable bonds is 6. The van der Waals surface area contributed by atoms with Crippen molar-refractivity contribution >= 4 is 12.0 Å². The van der Waals surface area contributed by atoms with Crippen LogP contribution >= 0.6 is 0 Å². The van der Waals surface area contributed by atoms with Gasteiger partial charge in [-0.25, -0.2) is 4.39 Å². The van der Waals surface area contributed by atoms with Crippen molar-refractivity contribution < 1.29 is 13.9 Å². The van der Waals surface area contributed by atoms with Gasteiger partial charge in [0.15, 0.2) is 0 Å². The molecule has 1 atom stereocenters. The molecule has 1 aromatic carbocycles. The lowest BCUT2D eigenvalue weighted by atomic mass is 9.96. The summed E-state index contributed by atoms with van der Waals surface area (Å²) in [5.41, 5.74) is 0.356. The van der Waals surface area contributed by atoms with E-state index < -0.39 is 5.54 Å². The van der Waals surface area contributed by atoms with Crippen molar-refractivity contribution in [2.75, 3.05) is 33.9 Å². The molecule has 1 saturated heterocycles. The Balaban J connectivity index is 2.06. The second kappa shape index (κ2) is 7.51. The van der Waals surface area contributed by atoms with Gasteiger partial charge in [-0.05, 0) is 37.1 Å². The molecule has 120 valence electrons. The molecule has 1 heterocycles. The average Bonchev–Trinajstić information content (AvgIpc) is 2.93. The van der Waals surface area contributed by atoms with Crippen molar-refractivity contribution in [2.24, 2.45) is 0 Å². The molecule has 1 aliphatic rings. The number of likely N-dealkylation sites (tertiary alicyclic amines) is 1. The van der Waals surface area contributed by atoms with Gasteiger partial charge in [0, 0.05) is 20.7 Å². The van der Waals surface area contributed by atoms with E-state index in [-0.39, 0.29) is 11.7 Å². The van der Waals surface area contributed by atoms with E-state index in [1.807, 2.05) is 12.2 Å². The highest BCUT2D eigenvalue weighted by Crippen LogP contribution is 2.30. The molecule has 1 aromatic rings. The van der Waals surface area contributed by atoms with E-state index in [4.69, 9.17) is 4.74 Å². The summed E-state index contributed by atoms with van der Waals surface area (Å²) < 4.78 is 18.2. The Morgan fingerprint density at radius 1 is 1.45 bits per heavy atom. The third-order valence-electron chi connectivity index (χ3n) is 4.16. The minimum atomic E-state index is -0.587. The largest absolute Gasteiger partial charge is 0.382 e. The predicted octanol–water partition coefficient (Wildman–Crippen LogP) is 2.07. The van der Waals surface area contributed by atoms with E-state index >= 15 is 0 Å². The first-order valence-electron chi connectivity index (χ1n) is 7.50. The maximum absolute atomic E-state index is 12.9. The summed E-state index contributed by atoms with van der Waals surface area (Å²) in [5, 5.41) is 2.75. The minimum Gasteiger partial charge on any atom is -0.382 e. The van der Waals surface area contributed by atoms with E-state index in [1.54, 1.807) is 26.3 Å². The van der Waals surface area contributed by atoms with Crippen molar-refractivity contribution in [3.05, 3.63) is 41.7 Å². The Labute approximate surface area is 131 Å². The summed E-state index contributed by atoms with van der Waals surface area (Å²) in [7, 11) is 3.28. The van der Waals surface area contributed by atoms with Gasteiger partial charge < -0.3 is 10.1 Å². The highest BCUT2D eigenvalue weighted by Gasteiger charge is 2.46. The Bertz CT molecular complexity index is 530. The number of nitrogens with one attached hydrogen (secondary N) is 1. The average molecular weight is 306 g/mol. The quantitative estimate of drug-likeness (QED) is 0.875. The van der Waals surface area contributed by atoms with Gasteiger partial charge in [0.1, 0.15) is 11.4 Å². The van der Waals surface area contributed by atoms with Crippen molar-refractivity contribution in [3.8, 4) is 0 Å². The van der Waals surface area contributed by atoms with Crippen LogP contribution in [-0.4, -0.2) is 50.2 Å². The zero-order valence-corrected chi connectivity index (χ0v) is 13.1. The second-order valence-corrected chi connectivity index (χ2v) is 5.55. The molecule has 0 aliphatic carbocycles. The van der Waals surface area contributed by atoms with Crippen LogP contribution in [0.1, 0.15) is 18.4 Å². The molecule has 22 heavy (non-hydrogen) atoms. The number of likely N-dealkylation sites (N-methyl/N-ethyl adjacent to an activating group) is 1. The number of benzene rings is 1. The maximum atomic E-state index is 12.9. The number of amides is 1. The van der Waals surface area contributed by atoms with Crippen molar-refractivity contribution in [2.45, 2.75) is 18.4 Å². The van der Waals surface area contributed by atoms with Gasteiger partial charge in [-0.3, -0.25) is 9.69 Å². The second-order valence-electron chi connectivity index (χ2n) is 5.55. The number of carbonyl (C=O) groups is 1. The Morgan fingerprint density at radius 2 is 2.18 bits per heavy atom. The molecule has 1 unspecified atom stereocenters. The molecule has 1 aliphatic heterocycles. The molecule has 0 spiro atoms. The van der Waals surface area contributed by atoms with Crippen LogP contribution < -0.4 is 5.32 Å². The fourth-order valence-corrected chi connectivity index (χ4v) is 3.05. The van der Waals surface area contributed by atoms with Crippen molar-refractivity contribution in [3.63, 3.8) is 0 Å². The number of nitrogens with zero attached hydrogens (tertiary/aromatic N) is 1. The normalized spacial score (nSPS) is 22.3. The van der Waals surface area contributed by atoms with E-state index in [2.05, 4.69) is 10.2 Å². The monoisotopic (exact) mass is 306 g/mol. The zero-order chi connectivity index (χ0) is 16.0. The van der Waals surface area contributed by atoms with E-state index in [0.717, 1.165) is 24.9 Å². The van der Waals surface area contributed by atoms with E-state index in [9.17, 15) is 9.18 Å². The number of carbonyl (C=O) groups excluding carboxylic acids is 1. The molecule has 2 rings (SSSR count). The number of hydrogen-bond acceptors (Lipinski definition) is 3. The lowest BCUT2D eigenvalue weighted by Crippen LogP contribution is -2.57.